The van der Waals surface area contributed by atoms with Gasteiger partial charge in [0.05, 0.1) is 19.3 Å². The van der Waals surface area contributed by atoms with Crippen molar-refractivity contribution in [2.24, 2.45) is 5.92 Å². The average Bonchev–Trinajstić information content (AvgIpc) is 2.54. The molecule has 5 nitrogen and oxygen atoms in total. The third kappa shape index (κ3) is 3.48. The Morgan fingerprint density at radius 3 is 2.57 bits per heavy atom. The van der Waals surface area contributed by atoms with Gasteiger partial charge in [-0.2, -0.15) is 0 Å². The summed E-state index contributed by atoms with van der Waals surface area (Å²) in [6.07, 6.45) is -0.497. The van der Waals surface area contributed by atoms with Crippen molar-refractivity contribution in [2.75, 3.05) is 46.1 Å². The van der Waals surface area contributed by atoms with Crippen LogP contribution in [0.5, 0.6) is 11.5 Å². The second-order valence-electron chi connectivity index (χ2n) is 5.74. The molecule has 0 amide bonds. The number of ether oxygens (including phenoxy) is 3. The first-order valence-electron chi connectivity index (χ1n) is 7.62. The molecule has 0 aromatic heterocycles. The Kier molecular flexibility index (Phi) is 4.63. The van der Waals surface area contributed by atoms with E-state index in [1.165, 1.54) is 0 Å². The van der Waals surface area contributed by atoms with Crippen molar-refractivity contribution in [3.8, 4) is 11.5 Å². The van der Waals surface area contributed by atoms with E-state index in [2.05, 4.69) is 11.8 Å². The van der Waals surface area contributed by atoms with E-state index in [0.717, 1.165) is 49.9 Å². The molecule has 0 aliphatic carbocycles. The highest BCUT2D eigenvalue weighted by atomic mass is 16.6. The minimum Gasteiger partial charge on any atom is -0.486 e. The van der Waals surface area contributed by atoms with Crippen LogP contribution in [0.3, 0.4) is 0 Å². The van der Waals surface area contributed by atoms with Crippen LogP contribution < -0.4 is 9.47 Å². The van der Waals surface area contributed by atoms with Crippen LogP contribution in [0, 0.1) is 5.92 Å². The Bertz CT molecular complexity index is 473. The lowest BCUT2D eigenvalue weighted by molar-refractivity contribution is 0.0150. The first kappa shape index (κ1) is 14.6. The molecule has 2 atom stereocenters. The van der Waals surface area contributed by atoms with Crippen LogP contribution in [0.4, 0.5) is 0 Å². The fraction of sp³-hybridized carbons (Fsp3) is 0.625. The number of aliphatic hydroxyl groups excluding tert-OH is 1. The van der Waals surface area contributed by atoms with Gasteiger partial charge in [-0.25, -0.2) is 0 Å². The van der Waals surface area contributed by atoms with E-state index in [4.69, 9.17) is 14.2 Å². The standard InChI is InChI=1S/C16H23NO4/c1-12(11-17-4-6-19-7-5-17)16(18)13-2-3-14-15(10-13)21-9-8-20-14/h2-3,10,12,16,18H,4-9,11H2,1H3/t12-,16+/m1/s1. The van der Waals surface area contributed by atoms with Gasteiger partial charge in [0, 0.05) is 19.6 Å². The van der Waals surface area contributed by atoms with Gasteiger partial charge in [-0.3, -0.25) is 4.90 Å². The van der Waals surface area contributed by atoms with Crippen molar-refractivity contribution >= 4 is 0 Å². The summed E-state index contributed by atoms with van der Waals surface area (Å²) in [6, 6.07) is 5.71. The minimum atomic E-state index is -0.497. The number of morpholine rings is 1. The van der Waals surface area contributed by atoms with Crippen LogP contribution in [0.25, 0.3) is 0 Å². The van der Waals surface area contributed by atoms with Gasteiger partial charge in [0.2, 0.25) is 0 Å². The molecule has 3 rings (SSSR count). The van der Waals surface area contributed by atoms with Gasteiger partial charge in [0.1, 0.15) is 13.2 Å². The summed E-state index contributed by atoms with van der Waals surface area (Å²) in [5, 5.41) is 10.6. The van der Waals surface area contributed by atoms with Crippen LogP contribution in [-0.2, 0) is 4.74 Å². The van der Waals surface area contributed by atoms with E-state index >= 15 is 0 Å². The Labute approximate surface area is 125 Å². The Balaban J connectivity index is 1.64. The number of nitrogens with zero attached hydrogens (tertiary/aromatic N) is 1. The minimum absolute atomic E-state index is 0.158. The molecule has 1 N–H and O–H groups in total. The van der Waals surface area contributed by atoms with Crippen molar-refractivity contribution in [2.45, 2.75) is 13.0 Å². The molecule has 116 valence electrons. The maximum Gasteiger partial charge on any atom is 0.161 e. The second-order valence-corrected chi connectivity index (χ2v) is 5.74. The SMILES string of the molecule is C[C@H](CN1CCOCC1)[C@H](O)c1ccc2c(c1)OCCO2. The van der Waals surface area contributed by atoms with E-state index in [9.17, 15) is 5.11 Å². The number of hydrogen-bond donors (Lipinski definition) is 1. The molecule has 0 saturated carbocycles. The smallest absolute Gasteiger partial charge is 0.161 e. The van der Waals surface area contributed by atoms with Crippen molar-refractivity contribution < 1.29 is 19.3 Å². The van der Waals surface area contributed by atoms with Crippen LogP contribution in [0.1, 0.15) is 18.6 Å². The van der Waals surface area contributed by atoms with Gasteiger partial charge in [-0.05, 0) is 23.6 Å². The van der Waals surface area contributed by atoms with Gasteiger partial charge < -0.3 is 19.3 Å². The lowest BCUT2D eigenvalue weighted by Crippen LogP contribution is -2.39. The first-order chi connectivity index (χ1) is 10.2. The molecule has 1 fully saturated rings. The maximum atomic E-state index is 10.6. The highest BCUT2D eigenvalue weighted by Crippen LogP contribution is 2.34. The van der Waals surface area contributed by atoms with Gasteiger partial charge in [-0.15, -0.1) is 0 Å². The third-order valence-corrected chi connectivity index (χ3v) is 4.10. The molecular weight excluding hydrogens is 270 g/mol. The monoisotopic (exact) mass is 293 g/mol. The largest absolute Gasteiger partial charge is 0.486 e. The summed E-state index contributed by atoms with van der Waals surface area (Å²) in [4.78, 5) is 2.34. The molecule has 2 heterocycles. The summed E-state index contributed by atoms with van der Waals surface area (Å²) in [5.41, 5.74) is 0.889. The van der Waals surface area contributed by atoms with Gasteiger partial charge in [0.15, 0.2) is 11.5 Å². The third-order valence-electron chi connectivity index (χ3n) is 4.10. The van der Waals surface area contributed by atoms with E-state index in [1.54, 1.807) is 0 Å². The van der Waals surface area contributed by atoms with Gasteiger partial charge in [0.25, 0.3) is 0 Å². The summed E-state index contributed by atoms with van der Waals surface area (Å²) in [5.74, 6) is 1.65. The zero-order valence-corrected chi connectivity index (χ0v) is 12.5. The highest BCUT2D eigenvalue weighted by Gasteiger charge is 2.22. The molecule has 2 aliphatic heterocycles. The fourth-order valence-electron chi connectivity index (χ4n) is 2.86. The lowest BCUT2D eigenvalue weighted by Gasteiger charge is -2.31. The van der Waals surface area contributed by atoms with Crippen molar-refractivity contribution in [3.63, 3.8) is 0 Å². The highest BCUT2D eigenvalue weighted by molar-refractivity contribution is 5.44. The molecule has 1 aromatic rings. The predicted octanol–water partition coefficient (Wildman–Crippen LogP) is 1.46. The van der Waals surface area contributed by atoms with Gasteiger partial charge in [-0.1, -0.05) is 13.0 Å². The molecule has 0 radical (unpaired) electrons. The lowest BCUT2D eigenvalue weighted by atomic mass is 9.96. The van der Waals surface area contributed by atoms with Gasteiger partial charge >= 0.3 is 0 Å². The molecule has 0 unspecified atom stereocenters. The molecule has 1 saturated heterocycles. The van der Waals surface area contributed by atoms with Crippen LogP contribution in [0.15, 0.2) is 18.2 Å². The van der Waals surface area contributed by atoms with Crippen LogP contribution >= 0.6 is 0 Å². The van der Waals surface area contributed by atoms with Crippen LogP contribution in [-0.4, -0.2) is 56.1 Å². The zero-order valence-electron chi connectivity index (χ0n) is 12.5. The summed E-state index contributed by atoms with van der Waals surface area (Å²) in [6.45, 7) is 7.56. The second kappa shape index (κ2) is 6.64. The molecule has 1 aromatic carbocycles. The van der Waals surface area contributed by atoms with E-state index in [0.29, 0.717) is 13.2 Å². The van der Waals surface area contributed by atoms with Crippen molar-refractivity contribution in [1.29, 1.82) is 0 Å². The topological polar surface area (TPSA) is 51.2 Å². The Morgan fingerprint density at radius 2 is 1.81 bits per heavy atom. The molecular formula is C16H23NO4. The normalized spacial score (nSPS) is 21.8. The van der Waals surface area contributed by atoms with Crippen molar-refractivity contribution in [1.82, 2.24) is 4.90 Å². The predicted molar refractivity (Wildman–Crippen MR) is 78.8 cm³/mol. The first-order valence-corrected chi connectivity index (χ1v) is 7.62. The number of hydrogen-bond acceptors (Lipinski definition) is 5. The van der Waals surface area contributed by atoms with E-state index in [-0.39, 0.29) is 5.92 Å². The number of rotatable bonds is 4. The molecule has 5 heteroatoms. The Hall–Kier alpha value is -1.30. The Morgan fingerprint density at radius 1 is 1.10 bits per heavy atom. The molecule has 0 bridgehead atoms. The number of aliphatic hydroxyl groups is 1. The molecule has 2 aliphatic rings. The summed E-state index contributed by atoms with van der Waals surface area (Å²) < 4.78 is 16.4. The molecule has 0 spiro atoms. The quantitative estimate of drug-likeness (QED) is 0.911. The molecule has 21 heavy (non-hydrogen) atoms. The van der Waals surface area contributed by atoms with Crippen LogP contribution in [0.2, 0.25) is 0 Å². The van der Waals surface area contributed by atoms with E-state index < -0.39 is 6.10 Å². The van der Waals surface area contributed by atoms with Crippen molar-refractivity contribution in [3.05, 3.63) is 23.8 Å². The fourth-order valence-corrected chi connectivity index (χ4v) is 2.86. The number of benzene rings is 1. The summed E-state index contributed by atoms with van der Waals surface area (Å²) >= 11 is 0. The maximum absolute atomic E-state index is 10.6. The summed E-state index contributed by atoms with van der Waals surface area (Å²) in [7, 11) is 0. The number of fused-ring (bicyclic) bond motifs is 1. The van der Waals surface area contributed by atoms with E-state index in [1.807, 2.05) is 18.2 Å². The average molecular weight is 293 g/mol. The zero-order chi connectivity index (χ0) is 14.7.